The standard InChI is InChI=1S/C17H15Cl3N2O/c1-10-6-11-4-2-3-5-15(11)22(10)9-16(23)21-17-13(19)7-12(18)8-14(17)20/h2-5,7-8,10H,6,9H2,1H3,(H,21,23). The molecule has 6 heteroatoms. The average Bonchev–Trinajstić information content (AvgIpc) is 2.79. The Morgan fingerprint density at radius 2 is 1.87 bits per heavy atom. The Morgan fingerprint density at radius 1 is 1.22 bits per heavy atom. The molecule has 0 saturated heterocycles. The van der Waals surface area contributed by atoms with Crippen LogP contribution in [0.1, 0.15) is 12.5 Å². The van der Waals surface area contributed by atoms with Gasteiger partial charge in [-0.3, -0.25) is 4.79 Å². The number of hydrogen-bond acceptors (Lipinski definition) is 2. The number of fused-ring (bicyclic) bond motifs is 1. The highest BCUT2D eigenvalue weighted by atomic mass is 35.5. The van der Waals surface area contributed by atoms with Gasteiger partial charge < -0.3 is 10.2 Å². The van der Waals surface area contributed by atoms with E-state index in [0.29, 0.717) is 20.8 Å². The third-order valence-corrected chi connectivity index (χ3v) is 4.75. The van der Waals surface area contributed by atoms with Gasteiger partial charge in [0.2, 0.25) is 5.91 Å². The molecule has 3 nitrogen and oxygen atoms in total. The molecule has 0 aliphatic carbocycles. The first-order chi connectivity index (χ1) is 11.0. The maximum absolute atomic E-state index is 12.4. The number of hydrogen-bond donors (Lipinski definition) is 1. The zero-order chi connectivity index (χ0) is 16.6. The van der Waals surface area contributed by atoms with Crippen molar-refractivity contribution in [1.82, 2.24) is 0 Å². The Labute approximate surface area is 150 Å². The minimum absolute atomic E-state index is 0.167. The topological polar surface area (TPSA) is 32.3 Å². The second kappa shape index (κ2) is 6.60. The molecule has 1 amide bonds. The van der Waals surface area contributed by atoms with E-state index in [0.717, 1.165) is 12.1 Å². The van der Waals surface area contributed by atoms with Crippen LogP contribution >= 0.6 is 34.8 Å². The third kappa shape index (κ3) is 3.42. The van der Waals surface area contributed by atoms with Gasteiger partial charge in [-0.25, -0.2) is 0 Å². The summed E-state index contributed by atoms with van der Waals surface area (Å²) in [6, 6.07) is 11.5. The number of carbonyl (C=O) groups is 1. The van der Waals surface area contributed by atoms with Gasteiger partial charge in [-0.1, -0.05) is 53.0 Å². The van der Waals surface area contributed by atoms with Gasteiger partial charge in [0.15, 0.2) is 0 Å². The van der Waals surface area contributed by atoms with Crippen LogP contribution in [0, 0.1) is 0 Å². The van der Waals surface area contributed by atoms with Crippen molar-refractivity contribution in [1.29, 1.82) is 0 Å². The number of nitrogens with zero attached hydrogens (tertiary/aromatic N) is 1. The predicted molar refractivity (Wildman–Crippen MR) is 97.1 cm³/mol. The van der Waals surface area contributed by atoms with E-state index in [2.05, 4.69) is 23.2 Å². The molecule has 1 unspecified atom stereocenters. The van der Waals surface area contributed by atoms with Gasteiger partial charge in [-0.15, -0.1) is 0 Å². The molecule has 1 aliphatic heterocycles. The highest BCUT2D eigenvalue weighted by Crippen LogP contribution is 2.34. The Morgan fingerprint density at radius 3 is 2.57 bits per heavy atom. The van der Waals surface area contributed by atoms with E-state index < -0.39 is 0 Å². The number of amides is 1. The molecule has 1 atom stereocenters. The maximum Gasteiger partial charge on any atom is 0.243 e. The lowest BCUT2D eigenvalue weighted by atomic mass is 10.1. The van der Waals surface area contributed by atoms with Crippen molar-refractivity contribution in [3.05, 3.63) is 57.0 Å². The van der Waals surface area contributed by atoms with Crippen molar-refractivity contribution in [2.45, 2.75) is 19.4 Å². The van der Waals surface area contributed by atoms with E-state index in [-0.39, 0.29) is 18.5 Å². The Balaban J connectivity index is 1.76. The molecule has 1 N–H and O–H groups in total. The monoisotopic (exact) mass is 368 g/mol. The highest BCUT2D eigenvalue weighted by molar-refractivity contribution is 6.42. The highest BCUT2D eigenvalue weighted by Gasteiger charge is 2.27. The largest absolute Gasteiger partial charge is 0.359 e. The van der Waals surface area contributed by atoms with Crippen molar-refractivity contribution < 1.29 is 4.79 Å². The second-order valence-corrected chi connectivity index (χ2v) is 6.85. The third-order valence-electron chi connectivity index (χ3n) is 3.93. The van der Waals surface area contributed by atoms with Crippen LogP contribution in [-0.4, -0.2) is 18.5 Å². The normalized spacial score (nSPS) is 16.3. The molecule has 1 aliphatic rings. The second-order valence-electron chi connectivity index (χ2n) is 5.60. The van der Waals surface area contributed by atoms with E-state index in [4.69, 9.17) is 34.8 Å². The fourth-order valence-corrected chi connectivity index (χ4v) is 3.78. The Hall–Kier alpha value is -1.42. The van der Waals surface area contributed by atoms with Crippen molar-refractivity contribution in [2.75, 3.05) is 16.8 Å². The lowest BCUT2D eigenvalue weighted by Gasteiger charge is -2.24. The van der Waals surface area contributed by atoms with Crippen LogP contribution in [0.3, 0.4) is 0 Å². The number of nitrogens with one attached hydrogen (secondary N) is 1. The molecule has 2 aromatic rings. The molecular formula is C17H15Cl3N2O. The summed E-state index contributed by atoms with van der Waals surface area (Å²) in [4.78, 5) is 14.5. The van der Waals surface area contributed by atoms with Crippen LogP contribution in [-0.2, 0) is 11.2 Å². The summed E-state index contributed by atoms with van der Waals surface area (Å²) in [6.45, 7) is 2.35. The first-order valence-electron chi connectivity index (χ1n) is 7.24. The van der Waals surface area contributed by atoms with Gasteiger partial charge in [0, 0.05) is 16.8 Å². The molecule has 0 spiro atoms. The maximum atomic E-state index is 12.4. The molecule has 23 heavy (non-hydrogen) atoms. The number of para-hydroxylation sites is 1. The summed E-state index contributed by atoms with van der Waals surface area (Å²) < 4.78 is 0. The van der Waals surface area contributed by atoms with Crippen LogP contribution < -0.4 is 10.2 Å². The van der Waals surface area contributed by atoms with Crippen LogP contribution in [0.25, 0.3) is 0 Å². The average molecular weight is 370 g/mol. The lowest BCUT2D eigenvalue weighted by molar-refractivity contribution is -0.115. The van der Waals surface area contributed by atoms with Gasteiger partial charge in [-0.05, 0) is 37.1 Å². The molecule has 1 heterocycles. The predicted octanol–water partition coefficient (Wildman–Crippen LogP) is 5.04. The minimum Gasteiger partial charge on any atom is -0.359 e. The molecule has 0 saturated carbocycles. The molecule has 120 valence electrons. The van der Waals surface area contributed by atoms with E-state index >= 15 is 0 Å². The van der Waals surface area contributed by atoms with Crippen LogP contribution in [0.15, 0.2) is 36.4 Å². The zero-order valence-electron chi connectivity index (χ0n) is 12.4. The van der Waals surface area contributed by atoms with Crippen LogP contribution in [0.4, 0.5) is 11.4 Å². The van der Waals surface area contributed by atoms with Crippen LogP contribution in [0.2, 0.25) is 15.1 Å². The summed E-state index contributed by atoms with van der Waals surface area (Å²) in [5.41, 5.74) is 2.75. The van der Waals surface area contributed by atoms with Crippen molar-refractivity contribution in [3.63, 3.8) is 0 Å². The molecule has 0 aromatic heterocycles. The number of halogens is 3. The number of rotatable bonds is 3. The summed E-state index contributed by atoms with van der Waals surface area (Å²) >= 11 is 18.1. The first-order valence-corrected chi connectivity index (χ1v) is 8.38. The van der Waals surface area contributed by atoms with Gasteiger partial charge >= 0.3 is 0 Å². The quantitative estimate of drug-likeness (QED) is 0.822. The fraction of sp³-hybridized carbons (Fsp3) is 0.235. The Kier molecular flexibility index (Phi) is 4.72. The summed E-state index contributed by atoms with van der Waals surface area (Å²) in [6.07, 6.45) is 0.936. The summed E-state index contributed by atoms with van der Waals surface area (Å²) in [7, 11) is 0. The lowest BCUT2D eigenvalue weighted by Crippen LogP contribution is -2.37. The van der Waals surface area contributed by atoms with Crippen molar-refractivity contribution in [3.8, 4) is 0 Å². The van der Waals surface area contributed by atoms with Gasteiger partial charge in [-0.2, -0.15) is 0 Å². The molecule has 0 radical (unpaired) electrons. The molecule has 0 fully saturated rings. The van der Waals surface area contributed by atoms with E-state index in [1.54, 1.807) is 12.1 Å². The summed E-state index contributed by atoms with van der Waals surface area (Å²) in [5.74, 6) is -0.167. The Bertz CT molecular complexity index is 740. The molecule has 3 rings (SSSR count). The molecule has 0 bridgehead atoms. The number of anilines is 2. The van der Waals surface area contributed by atoms with Crippen molar-refractivity contribution in [2.24, 2.45) is 0 Å². The SMILES string of the molecule is CC1Cc2ccccc2N1CC(=O)Nc1c(Cl)cc(Cl)cc1Cl. The van der Waals surface area contributed by atoms with E-state index in [1.807, 2.05) is 18.2 Å². The van der Waals surface area contributed by atoms with E-state index in [9.17, 15) is 4.79 Å². The minimum atomic E-state index is -0.167. The molecular weight excluding hydrogens is 355 g/mol. The zero-order valence-corrected chi connectivity index (χ0v) is 14.7. The first kappa shape index (κ1) is 16.4. The van der Waals surface area contributed by atoms with Gasteiger partial charge in [0.1, 0.15) is 0 Å². The fourth-order valence-electron chi connectivity index (χ4n) is 2.87. The molecule has 2 aromatic carbocycles. The van der Waals surface area contributed by atoms with Gasteiger partial charge in [0.05, 0.1) is 22.3 Å². The number of carbonyl (C=O) groups excluding carboxylic acids is 1. The smallest absolute Gasteiger partial charge is 0.243 e. The summed E-state index contributed by atoms with van der Waals surface area (Å²) in [5, 5.41) is 3.86. The number of benzene rings is 2. The van der Waals surface area contributed by atoms with Crippen LogP contribution in [0.5, 0.6) is 0 Å². The van der Waals surface area contributed by atoms with Crippen molar-refractivity contribution >= 4 is 52.1 Å². The van der Waals surface area contributed by atoms with Gasteiger partial charge in [0.25, 0.3) is 0 Å². The van der Waals surface area contributed by atoms with E-state index in [1.165, 1.54) is 5.56 Å².